The third-order valence-electron chi connectivity index (χ3n) is 1.73. The molecule has 0 aromatic rings. The first-order valence-electron chi connectivity index (χ1n) is 3.69. The van der Waals surface area contributed by atoms with Crippen LogP contribution in [0, 0.1) is 5.92 Å². The Bertz CT molecular complexity index is 152. The molecule has 0 amide bonds. The van der Waals surface area contributed by atoms with Crippen LogP contribution in [-0.2, 0) is 4.79 Å². The van der Waals surface area contributed by atoms with Crippen LogP contribution in [0.2, 0.25) is 0 Å². The number of hydrogen-bond donors (Lipinski definition) is 2. The third kappa shape index (κ3) is 4.23. The van der Waals surface area contributed by atoms with E-state index in [4.69, 9.17) is 5.11 Å². The summed E-state index contributed by atoms with van der Waals surface area (Å²) in [7, 11) is 0. The summed E-state index contributed by atoms with van der Waals surface area (Å²) in [5, 5.41) is 10.9. The zero-order valence-corrected chi connectivity index (χ0v) is 7.05. The lowest BCUT2D eigenvalue weighted by molar-refractivity contribution is -0.142. The van der Waals surface area contributed by atoms with Gasteiger partial charge in [0.25, 0.3) is 6.43 Å². The van der Waals surface area contributed by atoms with E-state index < -0.39 is 30.9 Å². The highest BCUT2D eigenvalue weighted by Gasteiger charge is 2.19. The Morgan fingerprint density at radius 3 is 2.33 bits per heavy atom. The molecule has 72 valence electrons. The predicted octanol–water partition coefficient (Wildman–Crippen LogP) is 0.950. The predicted molar refractivity (Wildman–Crippen MR) is 40.3 cm³/mol. The molecule has 0 aromatic heterocycles. The van der Waals surface area contributed by atoms with Crippen LogP contribution in [0.15, 0.2) is 0 Å². The molecule has 0 aliphatic rings. The van der Waals surface area contributed by atoms with Gasteiger partial charge in [-0.1, -0.05) is 6.92 Å². The van der Waals surface area contributed by atoms with Gasteiger partial charge < -0.3 is 10.4 Å². The molecule has 0 radical (unpaired) electrons. The highest BCUT2D eigenvalue weighted by atomic mass is 19.3. The molecule has 0 heterocycles. The first-order chi connectivity index (χ1) is 5.45. The van der Waals surface area contributed by atoms with Crippen molar-refractivity contribution in [3.8, 4) is 0 Å². The van der Waals surface area contributed by atoms with Gasteiger partial charge >= 0.3 is 5.97 Å². The van der Waals surface area contributed by atoms with Crippen molar-refractivity contribution in [1.29, 1.82) is 0 Å². The Morgan fingerprint density at radius 2 is 2.00 bits per heavy atom. The van der Waals surface area contributed by atoms with Crippen molar-refractivity contribution in [3.05, 3.63) is 0 Å². The van der Waals surface area contributed by atoms with Gasteiger partial charge in [0, 0.05) is 6.04 Å². The van der Waals surface area contributed by atoms with E-state index in [0.717, 1.165) is 0 Å². The van der Waals surface area contributed by atoms with Crippen molar-refractivity contribution in [2.75, 3.05) is 6.54 Å². The summed E-state index contributed by atoms with van der Waals surface area (Å²) < 4.78 is 23.3. The summed E-state index contributed by atoms with van der Waals surface area (Å²) >= 11 is 0. The number of nitrogens with one attached hydrogen (secondary N) is 1. The molecule has 2 N–H and O–H groups in total. The lowest BCUT2D eigenvalue weighted by atomic mass is 10.0. The van der Waals surface area contributed by atoms with E-state index in [1.54, 1.807) is 6.92 Å². The first-order valence-corrected chi connectivity index (χ1v) is 3.69. The van der Waals surface area contributed by atoms with Crippen molar-refractivity contribution < 1.29 is 18.7 Å². The topological polar surface area (TPSA) is 49.3 Å². The van der Waals surface area contributed by atoms with Crippen LogP contribution >= 0.6 is 0 Å². The van der Waals surface area contributed by atoms with Gasteiger partial charge in [0.05, 0.1) is 12.5 Å². The average Bonchev–Trinajstić information content (AvgIpc) is 1.98. The number of aliphatic carboxylic acids is 1. The van der Waals surface area contributed by atoms with Crippen molar-refractivity contribution in [3.63, 3.8) is 0 Å². The van der Waals surface area contributed by atoms with Crippen LogP contribution in [0.1, 0.15) is 13.8 Å². The van der Waals surface area contributed by atoms with Gasteiger partial charge in [0.1, 0.15) is 0 Å². The number of carboxylic acids is 1. The van der Waals surface area contributed by atoms with Crippen LogP contribution in [0.25, 0.3) is 0 Å². The first kappa shape index (κ1) is 11.3. The minimum atomic E-state index is -2.44. The lowest BCUT2D eigenvalue weighted by Gasteiger charge is -2.17. The largest absolute Gasteiger partial charge is 0.481 e. The van der Waals surface area contributed by atoms with Crippen LogP contribution < -0.4 is 5.32 Å². The zero-order chi connectivity index (χ0) is 9.72. The van der Waals surface area contributed by atoms with Gasteiger partial charge in [-0.15, -0.1) is 0 Å². The monoisotopic (exact) mass is 181 g/mol. The van der Waals surface area contributed by atoms with Crippen molar-refractivity contribution >= 4 is 5.97 Å². The fourth-order valence-corrected chi connectivity index (χ4v) is 0.666. The maximum atomic E-state index is 11.6. The molecule has 12 heavy (non-hydrogen) atoms. The van der Waals surface area contributed by atoms with Gasteiger partial charge in [0.2, 0.25) is 0 Å². The Labute approximate surface area is 69.8 Å². The number of carbonyl (C=O) groups is 1. The van der Waals surface area contributed by atoms with Gasteiger partial charge in [-0.3, -0.25) is 4.79 Å². The van der Waals surface area contributed by atoms with Crippen LogP contribution in [0.3, 0.4) is 0 Å². The highest BCUT2D eigenvalue weighted by Crippen LogP contribution is 2.02. The normalized spacial score (nSPS) is 16.1. The van der Waals surface area contributed by atoms with Crippen LogP contribution in [0.5, 0.6) is 0 Å². The maximum Gasteiger partial charge on any atom is 0.307 e. The molecule has 0 bridgehead atoms. The van der Waals surface area contributed by atoms with Crippen molar-refractivity contribution in [1.82, 2.24) is 5.32 Å². The van der Waals surface area contributed by atoms with Crippen molar-refractivity contribution in [2.45, 2.75) is 26.3 Å². The molecule has 0 fully saturated rings. The summed E-state index contributed by atoms with van der Waals surface area (Å²) in [6, 6.07) is -0.434. The number of alkyl halides is 2. The number of rotatable bonds is 5. The molecule has 5 heteroatoms. The van der Waals surface area contributed by atoms with E-state index in [1.165, 1.54) is 6.92 Å². The summed E-state index contributed by atoms with van der Waals surface area (Å²) in [5.74, 6) is -1.63. The molecule has 0 spiro atoms. The van der Waals surface area contributed by atoms with Crippen LogP contribution in [0.4, 0.5) is 8.78 Å². The van der Waals surface area contributed by atoms with E-state index in [0.29, 0.717) is 0 Å². The molecule has 3 nitrogen and oxygen atoms in total. The Kier molecular flexibility index (Phi) is 4.73. The third-order valence-corrected chi connectivity index (χ3v) is 1.73. The van der Waals surface area contributed by atoms with E-state index in [-0.39, 0.29) is 0 Å². The molecule has 2 unspecified atom stereocenters. The van der Waals surface area contributed by atoms with Crippen LogP contribution in [-0.4, -0.2) is 30.1 Å². The van der Waals surface area contributed by atoms with Gasteiger partial charge in [-0.2, -0.15) is 0 Å². The minimum absolute atomic E-state index is 0.434. The molecular formula is C7H13F2NO2. The second-order valence-corrected chi connectivity index (χ2v) is 2.71. The molecule has 0 saturated heterocycles. The molecule has 0 aliphatic carbocycles. The lowest BCUT2D eigenvalue weighted by Crippen LogP contribution is -2.38. The highest BCUT2D eigenvalue weighted by molar-refractivity contribution is 5.70. The Morgan fingerprint density at radius 1 is 1.50 bits per heavy atom. The summed E-state index contributed by atoms with van der Waals surface area (Å²) in [6.45, 7) is 2.59. The maximum absolute atomic E-state index is 11.6. The Balaban J connectivity index is 3.71. The molecule has 2 atom stereocenters. The SMILES string of the molecule is CC(NCC(F)F)C(C)C(=O)O. The molecular weight excluding hydrogens is 168 g/mol. The van der Waals surface area contributed by atoms with E-state index in [1.807, 2.05) is 0 Å². The van der Waals surface area contributed by atoms with E-state index in [9.17, 15) is 13.6 Å². The fourth-order valence-electron chi connectivity index (χ4n) is 0.666. The molecule has 0 saturated carbocycles. The van der Waals surface area contributed by atoms with E-state index in [2.05, 4.69) is 5.32 Å². The standard InChI is InChI=1S/C7H13F2NO2/c1-4(7(11)12)5(2)10-3-6(8)9/h4-6,10H,3H2,1-2H3,(H,11,12). The van der Waals surface area contributed by atoms with Crippen molar-refractivity contribution in [2.24, 2.45) is 5.92 Å². The average molecular weight is 181 g/mol. The summed E-state index contributed by atoms with van der Waals surface area (Å²) in [4.78, 5) is 10.4. The number of hydrogen-bond acceptors (Lipinski definition) is 2. The zero-order valence-electron chi connectivity index (χ0n) is 7.05. The number of halogens is 2. The molecule has 0 aromatic carbocycles. The Hall–Kier alpha value is -0.710. The fraction of sp³-hybridized carbons (Fsp3) is 0.857. The van der Waals surface area contributed by atoms with Gasteiger partial charge in [-0.25, -0.2) is 8.78 Å². The van der Waals surface area contributed by atoms with Gasteiger partial charge in [0.15, 0.2) is 0 Å². The molecule has 0 rings (SSSR count). The van der Waals surface area contributed by atoms with E-state index >= 15 is 0 Å². The molecule has 0 aliphatic heterocycles. The van der Waals surface area contributed by atoms with Gasteiger partial charge in [-0.05, 0) is 6.92 Å². The minimum Gasteiger partial charge on any atom is -0.481 e. The smallest absolute Gasteiger partial charge is 0.307 e. The summed E-state index contributed by atoms with van der Waals surface area (Å²) in [6.07, 6.45) is -2.44. The second kappa shape index (κ2) is 5.03. The number of carboxylic acid groups (broad SMARTS) is 1. The second-order valence-electron chi connectivity index (χ2n) is 2.71. The summed E-state index contributed by atoms with van der Waals surface area (Å²) in [5.41, 5.74) is 0. The quantitative estimate of drug-likeness (QED) is 0.663.